The van der Waals surface area contributed by atoms with Crippen molar-refractivity contribution in [3.05, 3.63) is 29.8 Å². The summed E-state index contributed by atoms with van der Waals surface area (Å²) in [7, 11) is 4.24. The molecule has 1 aromatic carbocycles. The molecule has 1 aliphatic heterocycles. The number of hydrogen-bond acceptors (Lipinski definition) is 3. The third-order valence-electron chi connectivity index (χ3n) is 3.27. The maximum atomic E-state index is 10.7. The quantitative estimate of drug-likeness (QED) is 0.721. The van der Waals surface area contributed by atoms with E-state index < -0.39 is 0 Å². The predicted octanol–water partition coefficient (Wildman–Crippen LogP) is 1.64. The lowest BCUT2D eigenvalue weighted by atomic mass is 10.2. The van der Waals surface area contributed by atoms with E-state index in [0.717, 1.165) is 30.6 Å². The second-order valence-electron chi connectivity index (χ2n) is 4.56. The first kappa shape index (κ1) is 11.1. The lowest BCUT2D eigenvalue weighted by Gasteiger charge is -2.21. The van der Waals surface area contributed by atoms with Crippen molar-refractivity contribution in [1.82, 2.24) is 4.90 Å². The fourth-order valence-corrected chi connectivity index (χ4v) is 2.19. The first-order valence-electron chi connectivity index (χ1n) is 5.67. The zero-order valence-corrected chi connectivity index (χ0v) is 9.89. The van der Waals surface area contributed by atoms with Crippen LogP contribution in [-0.2, 0) is 0 Å². The molecule has 0 N–H and O–H groups in total. The van der Waals surface area contributed by atoms with Crippen LogP contribution in [0.4, 0.5) is 5.69 Å². The molecule has 1 fully saturated rings. The highest BCUT2D eigenvalue weighted by Gasteiger charge is 2.23. The van der Waals surface area contributed by atoms with E-state index >= 15 is 0 Å². The standard InChI is InChI=1S/C13H18N2O/c1-14(2)13-6-7-15(9-13)12-5-3-4-11(8-12)10-16/h3-5,8,10,13H,6-7,9H2,1-2H3. The summed E-state index contributed by atoms with van der Waals surface area (Å²) in [6, 6.07) is 8.45. The summed E-state index contributed by atoms with van der Waals surface area (Å²) in [4.78, 5) is 15.3. The Balaban J connectivity index is 2.11. The molecule has 1 saturated heterocycles. The maximum Gasteiger partial charge on any atom is 0.150 e. The zero-order valence-electron chi connectivity index (χ0n) is 9.89. The van der Waals surface area contributed by atoms with E-state index in [0.29, 0.717) is 6.04 Å². The molecule has 3 heteroatoms. The van der Waals surface area contributed by atoms with Gasteiger partial charge in [0, 0.05) is 30.4 Å². The average Bonchev–Trinajstić information content (AvgIpc) is 2.78. The number of carbonyl (C=O) groups excluding carboxylic acids is 1. The monoisotopic (exact) mass is 218 g/mol. The second kappa shape index (κ2) is 4.66. The molecule has 0 aliphatic carbocycles. The molecule has 1 aliphatic rings. The van der Waals surface area contributed by atoms with Gasteiger partial charge in [0.2, 0.25) is 0 Å². The van der Waals surface area contributed by atoms with Gasteiger partial charge in [-0.2, -0.15) is 0 Å². The van der Waals surface area contributed by atoms with Gasteiger partial charge in [0.05, 0.1) is 0 Å². The third-order valence-corrected chi connectivity index (χ3v) is 3.27. The molecular formula is C13H18N2O. The SMILES string of the molecule is CN(C)C1CCN(c2cccc(C=O)c2)C1. The zero-order chi connectivity index (χ0) is 11.5. The molecule has 16 heavy (non-hydrogen) atoms. The molecule has 0 spiro atoms. The van der Waals surface area contributed by atoms with Gasteiger partial charge >= 0.3 is 0 Å². The van der Waals surface area contributed by atoms with Crippen LogP contribution in [0.1, 0.15) is 16.8 Å². The van der Waals surface area contributed by atoms with Crippen molar-refractivity contribution in [2.45, 2.75) is 12.5 Å². The highest BCUT2D eigenvalue weighted by Crippen LogP contribution is 2.22. The van der Waals surface area contributed by atoms with Gasteiger partial charge in [0.1, 0.15) is 6.29 Å². The fraction of sp³-hybridized carbons (Fsp3) is 0.462. The van der Waals surface area contributed by atoms with Gasteiger partial charge < -0.3 is 9.80 Å². The lowest BCUT2D eigenvalue weighted by molar-refractivity contribution is 0.112. The molecule has 1 unspecified atom stereocenters. The van der Waals surface area contributed by atoms with Crippen LogP contribution in [0.3, 0.4) is 0 Å². The van der Waals surface area contributed by atoms with Crippen molar-refractivity contribution in [2.75, 3.05) is 32.1 Å². The Morgan fingerprint density at radius 2 is 2.25 bits per heavy atom. The first-order chi connectivity index (χ1) is 7.70. The molecule has 0 aromatic heterocycles. The molecule has 3 nitrogen and oxygen atoms in total. The largest absolute Gasteiger partial charge is 0.370 e. The van der Waals surface area contributed by atoms with E-state index in [9.17, 15) is 4.79 Å². The van der Waals surface area contributed by atoms with Gasteiger partial charge in [-0.05, 0) is 32.6 Å². The summed E-state index contributed by atoms with van der Waals surface area (Å²) >= 11 is 0. The normalized spacial score (nSPS) is 20.4. The van der Waals surface area contributed by atoms with E-state index in [1.807, 2.05) is 18.2 Å². The molecule has 0 radical (unpaired) electrons. The highest BCUT2D eigenvalue weighted by atomic mass is 16.1. The Hall–Kier alpha value is -1.35. The summed E-state index contributed by atoms with van der Waals surface area (Å²) < 4.78 is 0. The fourth-order valence-electron chi connectivity index (χ4n) is 2.19. The van der Waals surface area contributed by atoms with E-state index in [2.05, 4.69) is 30.0 Å². The summed E-state index contributed by atoms with van der Waals surface area (Å²) in [5.41, 5.74) is 1.92. The van der Waals surface area contributed by atoms with Crippen molar-refractivity contribution < 1.29 is 4.79 Å². The van der Waals surface area contributed by atoms with Gasteiger partial charge in [-0.3, -0.25) is 4.79 Å². The molecule has 2 rings (SSSR count). The van der Waals surface area contributed by atoms with Crippen molar-refractivity contribution in [3.8, 4) is 0 Å². The van der Waals surface area contributed by atoms with E-state index in [1.54, 1.807) is 0 Å². The maximum absolute atomic E-state index is 10.7. The smallest absolute Gasteiger partial charge is 0.150 e. The molecular weight excluding hydrogens is 200 g/mol. The van der Waals surface area contributed by atoms with E-state index in [1.165, 1.54) is 6.42 Å². The first-order valence-corrected chi connectivity index (χ1v) is 5.67. The number of hydrogen-bond donors (Lipinski definition) is 0. The van der Waals surface area contributed by atoms with Gasteiger partial charge in [-0.1, -0.05) is 12.1 Å². The van der Waals surface area contributed by atoms with Crippen LogP contribution in [0, 0.1) is 0 Å². The Morgan fingerprint density at radius 3 is 2.88 bits per heavy atom. The van der Waals surface area contributed by atoms with E-state index in [4.69, 9.17) is 0 Å². The van der Waals surface area contributed by atoms with Gasteiger partial charge in [0.15, 0.2) is 0 Å². The van der Waals surface area contributed by atoms with Crippen LogP contribution >= 0.6 is 0 Å². The number of likely N-dealkylation sites (N-methyl/N-ethyl adjacent to an activating group) is 1. The number of rotatable bonds is 3. The Kier molecular flexibility index (Phi) is 3.25. The summed E-state index contributed by atoms with van der Waals surface area (Å²) in [6.07, 6.45) is 2.10. The van der Waals surface area contributed by atoms with Crippen molar-refractivity contribution in [2.24, 2.45) is 0 Å². The molecule has 1 heterocycles. The predicted molar refractivity (Wildman–Crippen MR) is 66.1 cm³/mol. The number of anilines is 1. The minimum atomic E-state index is 0.625. The summed E-state index contributed by atoms with van der Waals surface area (Å²) in [6.45, 7) is 2.13. The van der Waals surface area contributed by atoms with Crippen LogP contribution in [-0.4, -0.2) is 44.4 Å². The van der Waals surface area contributed by atoms with Crippen LogP contribution in [0.5, 0.6) is 0 Å². The average molecular weight is 218 g/mol. The number of aldehydes is 1. The second-order valence-corrected chi connectivity index (χ2v) is 4.56. The Bertz CT molecular complexity index is 376. The minimum Gasteiger partial charge on any atom is -0.370 e. The number of carbonyl (C=O) groups is 1. The van der Waals surface area contributed by atoms with E-state index in [-0.39, 0.29) is 0 Å². The molecule has 1 aromatic rings. The van der Waals surface area contributed by atoms with Crippen LogP contribution in [0.25, 0.3) is 0 Å². The number of benzene rings is 1. The molecule has 1 atom stereocenters. The van der Waals surface area contributed by atoms with Gasteiger partial charge in [0.25, 0.3) is 0 Å². The molecule has 0 amide bonds. The van der Waals surface area contributed by atoms with Gasteiger partial charge in [-0.25, -0.2) is 0 Å². The Labute approximate surface area is 96.7 Å². The molecule has 0 saturated carbocycles. The summed E-state index contributed by atoms with van der Waals surface area (Å²) in [5.74, 6) is 0. The van der Waals surface area contributed by atoms with Crippen LogP contribution in [0.15, 0.2) is 24.3 Å². The molecule has 0 bridgehead atoms. The third kappa shape index (κ3) is 2.25. The lowest BCUT2D eigenvalue weighted by Crippen LogP contribution is -2.31. The van der Waals surface area contributed by atoms with Crippen molar-refractivity contribution >= 4 is 12.0 Å². The van der Waals surface area contributed by atoms with Crippen molar-refractivity contribution in [1.29, 1.82) is 0 Å². The molecule has 86 valence electrons. The van der Waals surface area contributed by atoms with Crippen LogP contribution < -0.4 is 4.90 Å². The van der Waals surface area contributed by atoms with Crippen LogP contribution in [0.2, 0.25) is 0 Å². The highest BCUT2D eigenvalue weighted by molar-refractivity contribution is 5.77. The Morgan fingerprint density at radius 1 is 1.44 bits per heavy atom. The minimum absolute atomic E-state index is 0.625. The van der Waals surface area contributed by atoms with Gasteiger partial charge in [-0.15, -0.1) is 0 Å². The summed E-state index contributed by atoms with van der Waals surface area (Å²) in [5, 5.41) is 0. The topological polar surface area (TPSA) is 23.6 Å². The number of nitrogens with zero attached hydrogens (tertiary/aromatic N) is 2. The van der Waals surface area contributed by atoms with Crippen molar-refractivity contribution in [3.63, 3.8) is 0 Å².